The maximum atomic E-state index is 10.7. The fourth-order valence-corrected chi connectivity index (χ4v) is 2.75. The fraction of sp³-hybridized carbons (Fsp3) is 0.167. The summed E-state index contributed by atoms with van der Waals surface area (Å²) in [5, 5.41) is 35.8. The molecule has 146 valence electrons. The maximum absolute atomic E-state index is 10.7. The van der Waals surface area contributed by atoms with Crippen LogP contribution in [0, 0.1) is 10.1 Å². The Morgan fingerprint density at radius 3 is 2.34 bits per heavy atom. The van der Waals surface area contributed by atoms with Crippen molar-refractivity contribution in [2.75, 3.05) is 0 Å². The first-order valence-corrected chi connectivity index (χ1v) is 8.69. The number of nitro benzene ring substituents is 1. The molecule has 29 heavy (non-hydrogen) atoms. The number of non-ortho nitro benzene ring substituents is 1. The first-order chi connectivity index (χ1) is 14.1. The number of hydrogen-bond donors (Lipinski definition) is 1. The van der Waals surface area contributed by atoms with E-state index < -0.39 is 4.92 Å². The Kier molecular flexibility index (Phi) is 5.03. The summed E-state index contributed by atoms with van der Waals surface area (Å²) in [6.07, 6.45) is 5.20. The van der Waals surface area contributed by atoms with Crippen molar-refractivity contribution in [3.05, 3.63) is 82.1 Å². The Morgan fingerprint density at radius 1 is 0.931 bits per heavy atom. The zero-order valence-electron chi connectivity index (χ0n) is 15.2. The minimum Gasteiger partial charge on any atom is -0.390 e. The lowest BCUT2D eigenvalue weighted by Crippen LogP contribution is -2.05. The molecule has 11 heteroatoms. The first kappa shape index (κ1) is 18.4. The van der Waals surface area contributed by atoms with E-state index in [-0.39, 0.29) is 12.3 Å². The van der Waals surface area contributed by atoms with E-state index >= 15 is 0 Å². The van der Waals surface area contributed by atoms with E-state index in [1.807, 2.05) is 12.1 Å². The summed E-state index contributed by atoms with van der Waals surface area (Å²) in [6.45, 7) is 0.809. The molecule has 4 aromatic rings. The molecular formula is C18H16N8O3. The second-order valence-electron chi connectivity index (χ2n) is 6.33. The fourth-order valence-electron chi connectivity index (χ4n) is 2.75. The topological polar surface area (TPSA) is 138 Å². The smallest absolute Gasteiger partial charge is 0.269 e. The number of aromatic nitrogens is 7. The van der Waals surface area contributed by atoms with Crippen molar-refractivity contribution < 1.29 is 10.0 Å². The average Bonchev–Trinajstić information content (AvgIpc) is 3.39. The summed E-state index contributed by atoms with van der Waals surface area (Å²) in [5.41, 5.74) is 3.69. The lowest BCUT2D eigenvalue weighted by molar-refractivity contribution is -0.384. The zero-order valence-corrected chi connectivity index (χ0v) is 15.2. The van der Waals surface area contributed by atoms with E-state index in [2.05, 4.69) is 25.6 Å². The van der Waals surface area contributed by atoms with Crippen LogP contribution in [0.3, 0.4) is 0 Å². The van der Waals surface area contributed by atoms with Crippen LogP contribution in [0.4, 0.5) is 5.69 Å². The van der Waals surface area contributed by atoms with Gasteiger partial charge in [-0.3, -0.25) is 15.1 Å². The van der Waals surface area contributed by atoms with Crippen molar-refractivity contribution in [1.82, 2.24) is 35.0 Å². The van der Waals surface area contributed by atoms with Crippen LogP contribution in [0.25, 0.3) is 11.3 Å². The molecule has 1 aromatic carbocycles. The Labute approximate surface area is 164 Å². The van der Waals surface area contributed by atoms with Gasteiger partial charge in [0, 0.05) is 23.9 Å². The predicted octanol–water partition coefficient (Wildman–Crippen LogP) is 1.43. The highest BCUT2D eigenvalue weighted by molar-refractivity contribution is 5.59. The molecule has 0 radical (unpaired) electrons. The standard InChI is InChI=1S/C18H16N8O3/c27-12-16-10-24(22-20-16)8-13-1-4-15(19-7-13)9-25-11-18(21-23-25)14-2-5-17(6-3-14)26(28)29/h1-7,10-11,27H,8-9,12H2. The Hall–Kier alpha value is -3.99. The number of aliphatic hydroxyl groups excluding tert-OH is 1. The van der Waals surface area contributed by atoms with E-state index in [9.17, 15) is 10.1 Å². The minimum absolute atomic E-state index is 0.0314. The van der Waals surface area contributed by atoms with Crippen LogP contribution in [-0.2, 0) is 19.7 Å². The molecule has 3 aromatic heterocycles. The van der Waals surface area contributed by atoms with E-state index in [1.54, 1.807) is 40.1 Å². The largest absolute Gasteiger partial charge is 0.390 e. The predicted molar refractivity (Wildman–Crippen MR) is 100 cm³/mol. The number of aliphatic hydroxyl groups is 1. The molecule has 0 aliphatic heterocycles. The van der Waals surface area contributed by atoms with Crippen LogP contribution < -0.4 is 0 Å². The summed E-state index contributed by atoms with van der Waals surface area (Å²) in [6, 6.07) is 10.0. The maximum Gasteiger partial charge on any atom is 0.269 e. The third kappa shape index (κ3) is 4.30. The van der Waals surface area contributed by atoms with Crippen molar-refractivity contribution in [2.45, 2.75) is 19.7 Å². The third-order valence-electron chi connectivity index (χ3n) is 4.22. The SMILES string of the molecule is O=[N+]([O-])c1ccc(-c2cn(Cc3ccc(Cn4cc(CO)nn4)cn3)nn2)cc1. The molecule has 0 amide bonds. The summed E-state index contributed by atoms with van der Waals surface area (Å²) in [4.78, 5) is 14.7. The van der Waals surface area contributed by atoms with E-state index in [4.69, 9.17) is 5.11 Å². The second-order valence-corrected chi connectivity index (χ2v) is 6.33. The molecule has 0 atom stereocenters. The van der Waals surface area contributed by atoms with Gasteiger partial charge >= 0.3 is 0 Å². The molecule has 0 fully saturated rings. The van der Waals surface area contributed by atoms with Gasteiger partial charge in [0.05, 0.1) is 42.7 Å². The summed E-state index contributed by atoms with van der Waals surface area (Å²) in [5.74, 6) is 0. The average molecular weight is 392 g/mol. The molecule has 0 aliphatic rings. The number of pyridine rings is 1. The number of benzene rings is 1. The molecule has 4 rings (SSSR count). The number of nitrogens with zero attached hydrogens (tertiary/aromatic N) is 8. The molecule has 3 heterocycles. The molecule has 0 bridgehead atoms. The lowest BCUT2D eigenvalue weighted by Gasteiger charge is -2.03. The number of nitro groups is 1. The van der Waals surface area contributed by atoms with Gasteiger partial charge in [0.2, 0.25) is 0 Å². The van der Waals surface area contributed by atoms with E-state index in [1.165, 1.54) is 12.1 Å². The molecule has 0 aliphatic carbocycles. The highest BCUT2D eigenvalue weighted by atomic mass is 16.6. The quantitative estimate of drug-likeness (QED) is 0.368. The Morgan fingerprint density at radius 2 is 1.69 bits per heavy atom. The lowest BCUT2D eigenvalue weighted by atomic mass is 10.1. The van der Waals surface area contributed by atoms with Gasteiger partial charge in [-0.05, 0) is 23.8 Å². The molecule has 1 N–H and O–H groups in total. The normalized spacial score (nSPS) is 10.9. The van der Waals surface area contributed by atoms with Gasteiger partial charge in [-0.2, -0.15) is 0 Å². The number of rotatable bonds is 7. The minimum atomic E-state index is -0.440. The van der Waals surface area contributed by atoms with Crippen LogP contribution in [0.2, 0.25) is 0 Å². The van der Waals surface area contributed by atoms with Crippen LogP contribution >= 0.6 is 0 Å². The third-order valence-corrected chi connectivity index (χ3v) is 4.22. The molecule has 0 saturated carbocycles. The van der Waals surface area contributed by atoms with Gasteiger partial charge in [0.25, 0.3) is 5.69 Å². The Bertz CT molecular complexity index is 1120. The molecule has 0 saturated heterocycles. The van der Waals surface area contributed by atoms with Crippen molar-refractivity contribution in [3.8, 4) is 11.3 Å². The van der Waals surface area contributed by atoms with Crippen LogP contribution in [0.15, 0.2) is 55.0 Å². The van der Waals surface area contributed by atoms with E-state index in [0.29, 0.717) is 24.5 Å². The van der Waals surface area contributed by atoms with Gasteiger partial charge in [0.15, 0.2) is 0 Å². The van der Waals surface area contributed by atoms with Crippen molar-refractivity contribution in [1.29, 1.82) is 0 Å². The molecule has 0 unspecified atom stereocenters. The molecule has 0 spiro atoms. The molecular weight excluding hydrogens is 376 g/mol. The van der Waals surface area contributed by atoms with Crippen molar-refractivity contribution in [2.24, 2.45) is 0 Å². The van der Waals surface area contributed by atoms with Gasteiger partial charge < -0.3 is 5.11 Å². The summed E-state index contributed by atoms with van der Waals surface area (Å²) >= 11 is 0. The summed E-state index contributed by atoms with van der Waals surface area (Å²) in [7, 11) is 0. The van der Waals surface area contributed by atoms with Crippen LogP contribution in [0.1, 0.15) is 17.0 Å². The molecule has 11 nitrogen and oxygen atoms in total. The van der Waals surface area contributed by atoms with Crippen molar-refractivity contribution >= 4 is 5.69 Å². The van der Waals surface area contributed by atoms with E-state index in [0.717, 1.165) is 16.8 Å². The Balaban J connectivity index is 1.41. The highest BCUT2D eigenvalue weighted by Crippen LogP contribution is 2.20. The van der Waals surface area contributed by atoms with Gasteiger partial charge in [-0.25, -0.2) is 9.36 Å². The zero-order chi connectivity index (χ0) is 20.2. The van der Waals surface area contributed by atoms with Crippen LogP contribution in [0.5, 0.6) is 0 Å². The number of hydrogen-bond acceptors (Lipinski definition) is 8. The van der Waals surface area contributed by atoms with Gasteiger partial charge in [-0.15, -0.1) is 10.2 Å². The highest BCUT2D eigenvalue weighted by Gasteiger charge is 2.09. The monoisotopic (exact) mass is 392 g/mol. The van der Waals surface area contributed by atoms with Crippen molar-refractivity contribution in [3.63, 3.8) is 0 Å². The van der Waals surface area contributed by atoms with Crippen LogP contribution in [-0.4, -0.2) is 45.0 Å². The van der Waals surface area contributed by atoms with Gasteiger partial charge in [0.1, 0.15) is 11.4 Å². The van der Waals surface area contributed by atoms with Gasteiger partial charge in [-0.1, -0.05) is 16.5 Å². The second kappa shape index (κ2) is 7.94. The summed E-state index contributed by atoms with van der Waals surface area (Å²) < 4.78 is 3.29. The first-order valence-electron chi connectivity index (χ1n) is 8.69.